The van der Waals surface area contributed by atoms with Crippen LogP contribution in [0.3, 0.4) is 0 Å². The van der Waals surface area contributed by atoms with Gasteiger partial charge in [-0.2, -0.15) is 0 Å². The molecule has 0 N–H and O–H groups in total. The number of piperidine rings is 1. The molecule has 0 unspecified atom stereocenters. The fourth-order valence-corrected chi connectivity index (χ4v) is 3.97. The van der Waals surface area contributed by atoms with E-state index in [1.807, 2.05) is 18.2 Å². The van der Waals surface area contributed by atoms with Crippen molar-refractivity contribution in [3.05, 3.63) is 23.8 Å². The van der Waals surface area contributed by atoms with Gasteiger partial charge in [0.25, 0.3) is 0 Å². The second-order valence-electron chi connectivity index (χ2n) is 7.02. The lowest BCUT2D eigenvalue weighted by Gasteiger charge is -2.32. The summed E-state index contributed by atoms with van der Waals surface area (Å²) >= 11 is 0. The highest BCUT2D eigenvalue weighted by molar-refractivity contribution is 5.76. The molecule has 5 nitrogen and oxygen atoms in total. The molecular formula is C19H28N2O3. The van der Waals surface area contributed by atoms with Crippen LogP contribution in [-0.4, -0.2) is 62.7 Å². The Labute approximate surface area is 144 Å². The van der Waals surface area contributed by atoms with Crippen molar-refractivity contribution in [2.24, 2.45) is 5.92 Å². The molecular weight excluding hydrogens is 304 g/mol. The lowest BCUT2D eigenvalue weighted by molar-refractivity contribution is -0.131. The fourth-order valence-electron chi connectivity index (χ4n) is 3.97. The van der Waals surface area contributed by atoms with Gasteiger partial charge in [0.05, 0.1) is 14.2 Å². The monoisotopic (exact) mass is 332 g/mol. The number of amides is 1. The van der Waals surface area contributed by atoms with Crippen LogP contribution in [-0.2, 0) is 11.2 Å². The quantitative estimate of drug-likeness (QED) is 0.829. The lowest BCUT2D eigenvalue weighted by atomic mass is 9.96. The number of likely N-dealkylation sites (N-methyl/N-ethyl adjacent to an activating group) is 1. The van der Waals surface area contributed by atoms with Crippen LogP contribution in [0.25, 0.3) is 0 Å². The van der Waals surface area contributed by atoms with E-state index >= 15 is 0 Å². The van der Waals surface area contributed by atoms with Gasteiger partial charge in [0.15, 0.2) is 11.5 Å². The van der Waals surface area contributed by atoms with Crippen molar-refractivity contribution in [2.45, 2.75) is 31.7 Å². The van der Waals surface area contributed by atoms with E-state index in [4.69, 9.17) is 9.47 Å². The Hall–Kier alpha value is -1.75. The highest BCUT2D eigenvalue weighted by Gasteiger charge is 2.34. The predicted octanol–water partition coefficient (Wildman–Crippen LogP) is 2.19. The molecule has 24 heavy (non-hydrogen) atoms. The average molecular weight is 332 g/mol. The minimum absolute atomic E-state index is 0.275. The molecule has 1 aromatic rings. The first-order chi connectivity index (χ1) is 11.6. The van der Waals surface area contributed by atoms with Crippen molar-refractivity contribution in [2.75, 3.05) is 40.9 Å². The van der Waals surface area contributed by atoms with Crippen molar-refractivity contribution in [1.82, 2.24) is 9.80 Å². The number of rotatable bonds is 5. The first-order valence-corrected chi connectivity index (χ1v) is 8.79. The second kappa shape index (κ2) is 7.43. The van der Waals surface area contributed by atoms with E-state index in [0.29, 0.717) is 18.4 Å². The Morgan fingerprint density at radius 3 is 2.62 bits per heavy atom. The van der Waals surface area contributed by atoms with E-state index in [-0.39, 0.29) is 5.91 Å². The number of hydrogen-bond donors (Lipinski definition) is 0. The maximum absolute atomic E-state index is 12.7. The molecule has 3 heterocycles. The van der Waals surface area contributed by atoms with Crippen LogP contribution in [0.1, 0.15) is 24.8 Å². The summed E-state index contributed by atoms with van der Waals surface area (Å²) in [6.45, 7) is 2.94. The number of carbonyl (C=O) groups is 1. The van der Waals surface area contributed by atoms with Gasteiger partial charge in [-0.1, -0.05) is 6.07 Å². The SMILES string of the molecule is COc1ccc(CCC(=O)N2C[C@@H]3CC[C@H](C2)N(C)C3)cc1OC. The molecule has 0 aromatic heterocycles. The molecule has 4 rings (SSSR count). The molecule has 132 valence electrons. The van der Waals surface area contributed by atoms with Crippen LogP contribution in [0.2, 0.25) is 0 Å². The lowest BCUT2D eigenvalue weighted by Crippen LogP contribution is -2.41. The van der Waals surface area contributed by atoms with Crippen LogP contribution in [0.4, 0.5) is 0 Å². The van der Waals surface area contributed by atoms with Gasteiger partial charge in [0.2, 0.25) is 5.91 Å². The normalized spacial score (nSPS) is 23.9. The summed E-state index contributed by atoms with van der Waals surface area (Å²) in [4.78, 5) is 17.2. The number of aryl methyl sites for hydroxylation is 1. The third-order valence-corrected chi connectivity index (χ3v) is 5.42. The van der Waals surface area contributed by atoms with Crippen molar-refractivity contribution in [1.29, 1.82) is 0 Å². The molecule has 0 spiro atoms. The number of hydrogen-bond acceptors (Lipinski definition) is 4. The van der Waals surface area contributed by atoms with Crippen molar-refractivity contribution >= 4 is 5.91 Å². The largest absolute Gasteiger partial charge is 0.493 e. The number of ether oxygens (including phenoxy) is 2. The molecule has 0 radical (unpaired) electrons. The van der Waals surface area contributed by atoms with Gasteiger partial charge >= 0.3 is 0 Å². The molecule has 2 bridgehead atoms. The van der Waals surface area contributed by atoms with Gasteiger partial charge in [-0.05, 0) is 49.9 Å². The van der Waals surface area contributed by atoms with Crippen molar-refractivity contribution < 1.29 is 14.3 Å². The van der Waals surface area contributed by atoms with Gasteiger partial charge < -0.3 is 19.3 Å². The number of nitrogens with zero attached hydrogens (tertiary/aromatic N) is 2. The third-order valence-electron chi connectivity index (χ3n) is 5.42. The van der Waals surface area contributed by atoms with Crippen molar-refractivity contribution in [3.8, 4) is 11.5 Å². The van der Waals surface area contributed by atoms with E-state index < -0.39 is 0 Å². The number of methoxy groups -OCH3 is 2. The fraction of sp³-hybridized carbons (Fsp3) is 0.632. The zero-order valence-corrected chi connectivity index (χ0v) is 15.0. The molecule has 3 fully saturated rings. The molecule has 2 atom stereocenters. The Morgan fingerprint density at radius 2 is 1.92 bits per heavy atom. The van der Waals surface area contributed by atoms with Crippen LogP contribution in [0.5, 0.6) is 11.5 Å². The van der Waals surface area contributed by atoms with E-state index in [1.165, 1.54) is 12.8 Å². The van der Waals surface area contributed by atoms with Crippen LogP contribution >= 0.6 is 0 Å². The van der Waals surface area contributed by atoms with Gasteiger partial charge in [-0.3, -0.25) is 4.79 Å². The highest BCUT2D eigenvalue weighted by Crippen LogP contribution is 2.29. The summed E-state index contributed by atoms with van der Waals surface area (Å²) in [7, 11) is 5.45. The summed E-state index contributed by atoms with van der Waals surface area (Å²) < 4.78 is 10.6. The Bertz CT molecular complexity index is 590. The molecule has 0 aliphatic carbocycles. The first kappa shape index (κ1) is 17.1. The smallest absolute Gasteiger partial charge is 0.222 e. The molecule has 3 saturated heterocycles. The topological polar surface area (TPSA) is 42.0 Å². The van der Waals surface area contributed by atoms with Crippen molar-refractivity contribution in [3.63, 3.8) is 0 Å². The Balaban J connectivity index is 1.59. The number of benzene rings is 1. The van der Waals surface area contributed by atoms with Crippen LogP contribution < -0.4 is 9.47 Å². The summed E-state index contributed by atoms with van der Waals surface area (Å²) in [5, 5.41) is 0. The van der Waals surface area contributed by atoms with Gasteiger partial charge in [0.1, 0.15) is 0 Å². The van der Waals surface area contributed by atoms with E-state index in [1.54, 1.807) is 14.2 Å². The minimum Gasteiger partial charge on any atom is -0.493 e. The third kappa shape index (κ3) is 3.66. The maximum atomic E-state index is 12.7. The van der Waals surface area contributed by atoms with E-state index in [0.717, 1.165) is 43.1 Å². The van der Waals surface area contributed by atoms with E-state index in [2.05, 4.69) is 16.8 Å². The van der Waals surface area contributed by atoms with E-state index in [9.17, 15) is 4.79 Å². The van der Waals surface area contributed by atoms with Crippen LogP contribution in [0, 0.1) is 5.92 Å². The minimum atomic E-state index is 0.275. The summed E-state index contributed by atoms with van der Waals surface area (Å²) in [5.41, 5.74) is 1.11. The average Bonchev–Trinajstić information content (AvgIpc) is 2.90. The first-order valence-electron chi connectivity index (χ1n) is 8.79. The molecule has 3 aliphatic rings. The zero-order valence-electron chi connectivity index (χ0n) is 15.0. The molecule has 3 aliphatic heterocycles. The van der Waals surface area contributed by atoms with Gasteiger partial charge in [-0.25, -0.2) is 0 Å². The standard InChI is InChI=1S/C19H28N2O3/c1-20-11-15-4-7-16(20)13-21(12-15)19(22)9-6-14-5-8-17(23-2)18(10-14)24-3/h5,8,10,15-16H,4,6-7,9,11-13H2,1-3H3/t15-,16-/m1/s1. The maximum Gasteiger partial charge on any atom is 0.222 e. The van der Waals surface area contributed by atoms with Crippen LogP contribution in [0.15, 0.2) is 18.2 Å². The van der Waals surface area contributed by atoms with Gasteiger partial charge in [-0.15, -0.1) is 0 Å². The zero-order chi connectivity index (χ0) is 17.1. The highest BCUT2D eigenvalue weighted by atomic mass is 16.5. The van der Waals surface area contributed by atoms with Gasteiger partial charge in [0, 0.05) is 32.1 Å². The predicted molar refractivity (Wildman–Crippen MR) is 93.6 cm³/mol. The molecule has 0 saturated carbocycles. The molecule has 1 aromatic carbocycles. The Kier molecular flexibility index (Phi) is 5.29. The number of carbonyl (C=O) groups excluding carboxylic acids is 1. The second-order valence-corrected chi connectivity index (χ2v) is 7.02. The summed E-state index contributed by atoms with van der Waals surface area (Å²) in [6.07, 6.45) is 3.77. The summed E-state index contributed by atoms with van der Waals surface area (Å²) in [5.74, 6) is 2.35. The molecule has 1 amide bonds. The molecule has 5 heteroatoms. The Morgan fingerprint density at radius 1 is 1.12 bits per heavy atom. The summed E-state index contributed by atoms with van der Waals surface area (Å²) in [6, 6.07) is 6.41. The number of fused-ring (bicyclic) bond motifs is 4.